The molecule has 0 bridgehead atoms. The predicted molar refractivity (Wildman–Crippen MR) is 83.8 cm³/mol. The molecule has 0 saturated heterocycles. The highest BCUT2D eigenvalue weighted by atomic mass is 16.5. The molecule has 0 fully saturated rings. The maximum absolute atomic E-state index is 12.8. The number of carbonyl (C=O) groups excluding carboxylic acids is 1. The number of anilines is 1. The monoisotopic (exact) mass is 298 g/mol. The molecule has 1 aliphatic heterocycles. The molecule has 0 radical (unpaired) electrons. The number of hydrogen-bond donors (Lipinski definition) is 2. The van der Waals surface area contributed by atoms with E-state index in [2.05, 4.69) is 5.32 Å². The van der Waals surface area contributed by atoms with Crippen molar-refractivity contribution in [1.29, 1.82) is 0 Å². The second kappa shape index (κ2) is 6.07. The van der Waals surface area contributed by atoms with Gasteiger partial charge in [-0.2, -0.15) is 0 Å². The van der Waals surface area contributed by atoms with Crippen LogP contribution in [-0.2, 0) is 4.74 Å². The minimum Gasteiger partial charge on any atom is -0.508 e. The van der Waals surface area contributed by atoms with Crippen LogP contribution in [-0.4, -0.2) is 36.2 Å². The summed E-state index contributed by atoms with van der Waals surface area (Å²) in [5.41, 5.74) is 2.28. The molecule has 3 rings (SSSR count). The van der Waals surface area contributed by atoms with Crippen molar-refractivity contribution in [3.8, 4) is 5.75 Å². The SMILES string of the molecule is COCCN1C(=O)c2ccccc2NC1c1cccc(O)c1. The van der Waals surface area contributed by atoms with Gasteiger partial charge < -0.3 is 20.1 Å². The average Bonchev–Trinajstić information content (AvgIpc) is 2.54. The normalized spacial score (nSPS) is 17.0. The Morgan fingerprint density at radius 1 is 1.23 bits per heavy atom. The number of methoxy groups -OCH3 is 1. The van der Waals surface area contributed by atoms with Crippen LogP contribution in [0.1, 0.15) is 22.1 Å². The van der Waals surface area contributed by atoms with Gasteiger partial charge in [0.05, 0.1) is 12.2 Å². The quantitative estimate of drug-likeness (QED) is 0.911. The number of nitrogens with zero attached hydrogens (tertiary/aromatic N) is 1. The molecular weight excluding hydrogens is 280 g/mol. The Morgan fingerprint density at radius 2 is 2.05 bits per heavy atom. The van der Waals surface area contributed by atoms with Crippen LogP contribution in [0.4, 0.5) is 5.69 Å². The van der Waals surface area contributed by atoms with Gasteiger partial charge in [-0.25, -0.2) is 0 Å². The van der Waals surface area contributed by atoms with E-state index < -0.39 is 0 Å². The largest absolute Gasteiger partial charge is 0.508 e. The second-order valence-electron chi connectivity index (χ2n) is 5.18. The van der Waals surface area contributed by atoms with Gasteiger partial charge in [-0.3, -0.25) is 4.79 Å². The molecule has 5 heteroatoms. The van der Waals surface area contributed by atoms with E-state index in [9.17, 15) is 9.90 Å². The lowest BCUT2D eigenvalue weighted by Crippen LogP contribution is -2.44. The van der Waals surface area contributed by atoms with Crippen LogP contribution in [0.3, 0.4) is 0 Å². The van der Waals surface area contributed by atoms with Crippen molar-refractivity contribution in [2.24, 2.45) is 0 Å². The lowest BCUT2D eigenvalue weighted by molar-refractivity contribution is 0.0609. The minimum atomic E-state index is -0.329. The van der Waals surface area contributed by atoms with Gasteiger partial charge in [0.1, 0.15) is 11.9 Å². The Bertz CT molecular complexity index is 687. The fourth-order valence-corrected chi connectivity index (χ4v) is 2.67. The van der Waals surface area contributed by atoms with E-state index in [1.807, 2.05) is 30.3 Å². The maximum Gasteiger partial charge on any atom is 0.257 e. The van der Waals surface area contributed by atoms with Gasteiger partial charge >= 0.3 is 0 Å². The van der Waals surface area contributed by atoms with Gasteiger partial charge in [-0.1, -0.05) is 24.3 Å². The Labute approximate surface area is 129 Å². The minimum absolute atomic E-state index is 0.0419. The van der Waals surface area contributed by atoms with E-state index in [-0.39, 0.29) is 17.8 Å². The fraction of sp³-hybridized carbons (Fsp3) is 0.235. The summed E-state index contributed by atoms with van der Waals surface area (Å²) in [6.07, 6.45) is -0.329. The molecule has 5 nitrogen and oxygen atoms in total. The van der Waals surface area contributed by atoms with Crippen molar-refractivity contribution in [3.63, 3.8) is 0 Å². The van der Waals surface area contributed by atoms with Crippen molar-refractivity contribution in [1.82, 2.24) is 4.90 Å². The molecule has 1 atom stereocenters. The molecule has 22 heavy (non-hydrogen) atoms. The highest BCUT2D eigenvalue weighted by Crippen LogP contribution is 2.33. The molecule has 1 heterocycles. The summed E-state index contributed by atoms with van der Waals surface area (Å²) >= 11 is 0. The number of phenolic OH excluding ortho intramolecular Hbond substituents is 1. The summed E-state index contributed by atoms with van der Waals surface area (Å²) < 4.78 is 5.12. The summed E-state index contributed by atoms with van der Waals surface area (Å²) in [5, 5.41) is 13.1. The van der Waals surface area contributed by atoms with Crippen LogP contribution < -0.4 is 5.32 Å². The average molecular weight is 298 g/mol. The summed E-state index contributed by atoms with van der Waals surface area (Å²) in [7, 11) is 1.61. The van der Waals surface area contributed by atoms with E-state index >= 15 is 0 Å². The first kappa shape index (κ1) is 14.4. The zero-order chi connectivity index (χ0) is 15.5. The number of aromatic hydroxyl groups is 1. The van der Waals surface area contributed by atoms with Crippen molar-refractivity contribution in [2.45, 2.75) is 6.17 Å². The van der Waals surface area contributed by atoms with Crippen molar-refractivity contribution >= 4 is 11.6 Å². The van der Waals surface area contributed by atoms with E-state index in [0.29, 0.717) is 18.7 Å². The number of carbonyl (C=O) groups is 1. The van der Waals surface area contributed by atoms with Crippen molar-refractivity contribution in [2.75, 3.05) is 25.6 Å². The Hall–Kier alpha value is -2.53. The Balaban J connectivity index is 2.01. The van der Waals surface area contributed by atoms with Gasteiger partial charge in [0.15, 0.2) is 0 Å². The highest BCUT2D eigenvalue weighted by molar-refractivity contribution is 6.01. The van der Waals surface area contributed by atoms with E-state index in [4.69, 9.17) is 4.74 Å². The molecule has 0 spiro atoms. The number of nitrogens with one attached hydrogen (secondary N) is 1. The predicted octanol–water partition coefficient (Wildman–Crippen LogP) is 2.61. The third-order valence-electron chi connectivity index (χ3n) is 3.74. The van der Waals surface area contributed by atoms with E-state index in [0.717, 1.165) is 11.3 Å². The first-order valence-electron chi connectivity index (χ1n) is 7.15. The zero-order valence-corrected chi connectivity index (χ0v) is 12.3. The van der Waals surface area contributed by atoms with Crippen LogP contribution >= 0.6 is 0 Å². The maximum atomic E-state index is 12.8. The van der Waals surface area contributed by atoms with Gasteiger partial charge in [0.2, 0.25) is 0 Å². The number of para-hydroxylation sites is 1. The molecule has 0 aliphatic carbocycles. The second-order valence-corrected chi connectivity index (χ2v) is 5.18. The molecule has 2 aromatic carbocycles. The number of fused-ring (bicyclic) bond motifs is 1. The summed E-state index contributed by atoms with van der Waals surface area (Å²) in [6, 6.07) is 14.4. The third kappa shape index (κ3) is 2.63. The van der Waals surface area contributed by atoms with Gasteiger partial charge in [0, 0.05) is 19.3 Å². The van der Waals surface area contributed by atoms with Gasteiger partial charge in [-0.15, -0.1) is 0 Å². The summed E-state index contributed by atoms with van der Waals surface area (Å²) in [5.74, 6) is 0.136. The number of phenols is 1. The zero-order valence-electron chi connectivity index (χ0n) is 12.3. The topological polar surface area (TPSA) is 61.8 Å². The number of hydrogen-bond acceptors (Lipinski definition) is 4. The molecule has 1 aliphatic rings. The Morgan fingerprint density at radius 3 is 2.82 bits per heavy atom. The molecule has 2 aromatic rings. The first-order chi connectivity index (χ1) is 10.7. The standard InChI is InChI=1S/C17H18N2O3/c1-22-10-9-19-16(12-5-4-6-13(20)11-12)18-15-8-3-2-7-14(15)17(19)21/h2-8,11,16,18,20H,9-10H2,1H3. The van der Waals surface area contributed by atoms with Gasteiger partial charge in [-0.05, 0) is 29.8 Å². The number of amides is 1. The molecule has 0 aromatic heterocycles. The molecule has 114 valence electrons. The summed E-state index contributed by atoms with van der Waals surface area (Å²) in [6.45, 7) is 0.919. The lowest BCUT2D eigenvalue weighted by atomic mass is 10.0. The lowest BCUT2D eigenvalue weighted by Gasteiger charge is -2.38. The van der Waals surface area contributed by atoms with E-state index in [1.165, 1.54) is 0 Å². The van der Waals surface area contributed by atoms with Crippen LogP contribution in [0.15, 0.2) is 48.5 Å². The number of ether oxygens (including phenoxy) is 1. The fourth-order valence-electron chi connectivity index (χ4n) is 2.67. The highest BCUT2D eigenvalue weighted by Gasteiger charge is 2.32. The molecule has 2 N–H and O–H groups in total. The molecular formula is C17H18N2O3. The first-order valence-corrected chi connectivity index (χ1v) is 7.15. The van der Waals surface area contributed by atoms with Gasteiger partial charge in [0.25, 0.3) is 5.91 Å². The number of benzene rings is 2. The van der Waals surface area contributed by atoms with Crippen LogP contribution in [0, 0.1) is 0 Å². The Kier molecular flexibility index (Phi) is 3.98. The van der Waals surface area contributed by atoms with Crippen LogP contribution in [0.2, 0.25) is 0 Å². The number of rotatable bonds is 4. The van der Waals surface area contributed by atoms with Crippen LogP contribution in [0.5, 0.6) is 5.75 Å². The smallest absolute Gasteiger partial charge is 0.257 e. The third-order valence-corrected chi connectivity index (χ3v) is 3.74. The molecule has 0 saturated carbocycles. The van der Waals surface area contributed by atoms with Crippen LogP contribution in [0.25, 0.3) is 0 Å². The summed E-state index contributed by atoms with van der Waals surface area (Å²) in [4.78, 5) is 14.5. The van der Waals surface area contributed by atoms with Crippen molar-refractivity contribution in [3.05, 3.63) is 59.7 Å². The molecule has 1 amide bonds. The molecule has 1 unspecified atom stereocenters. The van der Waals surface area contributed by atoms with Crippen molar-refractivity contribution < 1.29 is 14.6 Å². The van der Waals surface area contributed by atoms with E-state index in [1.54, 1.807) is 30.2 Å².